The lowest BCUT2D eigenvalue weighted by atomic mass is 10.0. The molecule has 2 atom stereocenters. The molecule has 24 heavy (non-hydrogen) atoms. The third-order valence-corrected chi connectivity index (χ3v) is 5.35. The summed E-state index contributed by atoms with van der Waals surface area (Å²) in [6.07, 6.45) is 1.21. The van der Waals surface area contributed by atoms with Crippen LogP contribution in [0.3, 0.4) is 0 Å². The van der Waals surface area contributed by atoms with Crippen molar-refractivity contribution in [1.29, 1.82) is 0 Å². The molecule has 1 heterocycles. The lowest BCUT2D eigenvalue weighted by molar-refractivity contribution is -0.124. The Morgan fingerprint density at radius 1 is 1.42 bits per heavy atom. The number of amides is 1. The standard InChI is InChI=1S/C18H24BrNO4/c1-4-23-15-10-12(17(21)16(19)11(2)3)7-8-13(15)20-18(22)14-6-5-9-24-14/h7-8,10-11,14,16H,4-6,9H2,1-3H3,(H,20,22). The number of hydrogen-bond acceptors (Lipinski definition) is 4. The van der Waals surface area contributed by atoms with E-state index in [4.69, 9.17) is 9.47 Å². The number of halogens is 1. The van der Waals surface area contributed by atoms with Crippen LogP contribution in [-0.2, 0) is 9.53 Å². The lowest BCUT2D eigenvalue weighted by Crippen LogP contribution is -2.27. The van der Waals surface area contributed by atoms with E-state index in [2.05, 4.69) is 21.2 Å². The van der Waals surface area contributed by atoms with Gasteiger partial charge in [-0.15, -0.1) is 0 Å². The van der Waals surface area contributed by atoms with Gasteiger partial charge in [0.1, 0.15) is 11.9 Å². The second-order valence-electron chi connectivity index (χ2n) is 6.14. The van der Waals surface area contributed by atoms with Crippen molar-refractivity contribution in [3.8, 4) is 5.75 Å². The number of carbonyl (C=O) groups is 2. The van der Waals surface area contributed by atoms with Gasteiger partial charge in [-0.1, -0.05) is 29.8 Å². The minimum Gasteiger partial charge on any atom is -0.492 e. The summed E-state index contributed by atoms with van der Waals surface area (Å²) in [5, 5.41) is 2.84. The second kappa shape index (κ2) is 8.62. The maximum absolute atomic E-state index is 12.5. The van der Waals surface area contributed by atoms with Crippen LogP contribution in [0.1, 0.15) is 44.0 Å². The van der Waals surface area contributed by atoms with Crippen molar-refractivity contribution in [3.05, 3.63) is 23.8 Å². The van der Waals surface area contributed by atoms with Crippen LogP contribution < -0.4 is 10.1 Å². The van der Waals surface area contributed by atoms with Crippen molar-refractivity contribution >= 4 is 33.3 Å². The number of alkyl halides is 1. The number of carbonyl (C=O) groups excluding carboxylic acids is 2. The number of ether oxygens (including phenoxy) is 2. The molecule has 1 aliphatic heterocycles. The molecular formula is C18H24BrNO4. The van der Waals surface area contributed by atoms with Gasteiger partial charge in [-0.25, -0.2) is 0 Å². The number of nitrogens with one attached hydrogen (secondary N) is 1. The quantitative estimate of drug-likeness (QED) is 0.561. The molecule has 1 saturated heterocycles. The summed E-state index contributed by atoms with van der Waals surface area (Å²) < 4.78 is 11.0. The Kier molecular flexibility index (Phi) is 6.80. The van der Waals surface area contributed by atoms with Crippen LogP contribution in [0.5, 0.6) is 5.75 Å². The first-order chi connectivity index (χ1) is 11.4. The van der Waals surface area contributed by atoms with Crippen LogP contribution >= 0.6 is 15.9 Å². The van der Waals surface area contributed by atoms with Gasteiger partial charge in [-0.3, -0.25) is 9.59 Å². The van der Waals surface area contributed by atoms with Crippen molar-refractivity contribution in [3.63, 3.8) is 0 Å². The number of benzene rings is 1. The van der Waals surface area contributed by atoms with E-state index in [1.54, 1.807) is 18.2 Å². The van der Waals surface area contributed by atoms with Gasteiger partial charge in [0, 0.05) is 12.2 Å². The van der Waals surface area contributed by atoms with Crippen molar-refractivity contribution in [2.24, 2.45) is 5.92 Å². The van der Waals surface area contributed by atoms with Gasteiger partial charge in [0.05, 0.1) is 17.1 Å². The molecule has 1 aromatic carbocycles. The lowest BCUT2D eigenvalue weighted by Gasteiger charge is -2.17. The first-order valence-corrected chi connectivity index (χ1v) is 9.23. The zero-order chi connectivity index (χ0) is 17.7. The van der Waals surface area contributed by atoms with Crippen molar-refractivity contribution in [2.45, 2.75) is 44.5 Å². The van der Waals surface area contributed by atoms with Crippen LogP contribution in [0.25, 0.3) is 0 Å². The van der Waals surface area contributed by atoms with E-state index in [0.29, 0.717) is 30.2 Å². The fraction of sp³-hybridized carbons (Fsp3) is 0.556. The number of anilines is 1. The number of Topliss-reactive ketones (excluding diaryl/α,β-unsaturated/α-hetero) is 1. The van der Waals surface area contributed by atoms with Crippen molar-refractivity contribution < 1.29 is 19.1 Å². The third kappa shape index (κ3) is 4.57. The maximum Gasteiger partial charge on any atom is 0.253 e. The monoisotopic (exact) mass is 397 g/mol. The van der Waals surface area contributed by atoms with E-state index >= 15 is 0 Å². The van der Waals surface area contributed by atoms with E-state index in [9.17, 15) is 9.59 Å². The zero-order valence-electron chi connectivity index (χ0n) is 14.3. The van der Waals surface area contributed by atoms with Crippen LogP contribution in [0.4, 0.5) is 5.69 Å². The topological polar surface area (TPSA) is 64.6 Å². The summed E-state index contributed by atoms with van der Waals surface area (Å²) in [5.41, 5.74) is 1.12. The smallest absolute Gasteiger partial charge is 0.253 e. The molecule has 2 rings (SSSR count). The summed E-state index contributed by atoms with van der Waals surface area (Å²) >= 11 is 3.43. The van der Waals surface area contributed by atoms with E-state index in [1.807, 2.05) is 20.8 Å². The highest BCUT2D eigenvalue weighted by molar-refractivity contribution is 9.10. The molecule has 1 fully saturated rings. The molecule has 0 aromatic heterocycles. The van der Waals surface area contributed by atoms with E-state index in [0.717, 1.165) is 12.8 Å². The average Bonchev–Trinajstić information content (AvgIpc) is 3.09. The molecule has 1 aliphatic rings. The fourth-order valence-corrected chi connectivity index (χ4v) is 2.78. The minimum atomic E-state index is -0.409. The van der Waals surface area contributed by atoms with Gasteiger partial charge in [-0.2, -0.15) is 0 Å². The summed E-state index contributed by atoms with van der Waals surface area (Å²) in [4.78, 5) is 24.4. The molecule has 0 spiro atoms. The van der Waals surface area contributed by atoms with Gasteiger partial charge in [0.2, 0.25) is 0 Å². The predicted octanol–water partition coefficient (Wildman–Crippen LogP) is 3.81. The van der Waals surface area contributed by atoms with E-state index < -0.39 is 6.10 Å². The Hall–Kier alpha value is -1.40. The third-order valence-electron chi connectivity index (χ3n) is 3.88. The van der Waals surface area contributed by atoms with Gasteiger partial charge >= 0.3 is 0 Å². The largest absolute Gasteiger partial charge is 0.492 e. The summed E-state index contributed by atoms with van der Waals surface area (Å²) in [7, 11) is 0. The van der Waals surface area contributed by atoms with Crippen molar-refractivity contribution in [2.75, 3.05) is 18.5 Å². The Labute approximate surface area is 151 Å². The molecule has 1 aromatic rings. The molecule has 1 N–H and O–H groups in total. The SMILES string of the molecule is CCOc1cc(C(=O)C(Br)C(C)C)ccc1NC(=O)C1CCCO1. The molecule has 0 bridgehead atoms. The molecular weight excluding hydrogens is 374 g/mol. The Morgan fingerprint density at radius 3 is 2.75 bits per heavy atom. The average molecular weight is 398 g/mol. The molecule has 132 valence electrons. The molecule has 0 radical (unpaired) electrons. The van der Waals surface area contributed by atoms with Crippen LogP contribution in [0.15, 0.2) is 18.2 Å². The minimum absolute atomic E-state index is 0.00274. The molecule has 6 heteroatoms. The number of ketones is 1. The molecule has 1 amide bonds. The first-order valence-electron chi connectivity index (χ1n) is 8.31. The zero-order valence-corrected chi connectivity index (χ0v) is 15.9. The van der Waals surface area contributed by atoms with Gasteiger partial charge in [-0.05, 0) is 43.9 Å². The summed E-state index contributed by atoms with van der Waals surface area (Å²) in [5.74, 6) is 0.515. The molecule has 2 unspecified atom stereocenters. The van der Waals surface area contributed by atoms with E-state index in [1.165, 1.54) is 0 Å². The fourth-order valence-electron chi connectivity index (χ4n) is 2.51. The van der Waals surface area contributed by atoms with Crippen LogP contribution in [0, 0.1) is 5.92 Å². The first kappa shape index (κ1) is 18.9. The second-order valence-corrected chi connectivity index (χ2v) is 7.13. The van der Waals surface area contributed by atoms with Crippen molar-refractivity contribution in [1.82, 2.24) is 0 Å². The number of rotatable bonds is 7. The highest BCUT2D eigenvalue weighted by Crippen LogP contribution is 2.29. The predicted molar refractivity (Wildman–Crippen MR) is 97.1 cm³/mol. The maximum atomic E-state index is 12.5. The van der Waals surface area contributed by atoms with Gasteiger partial charge in [0.15, 0.2) is 5.78 Å². The molecule has 5 nitrogen and oxygen atoms in total. The summed E-state index contributed by atoms with van der Waals surface area (Å²) in [6, 6.07) is 5.12. The van der Waals surface area contributed by atoms with Gasteiger partial charge in [0.25, 0.3) is 5.91 Å². The van der Waals surface area contributed by atoms with Crippen LogP contribution in [0.2, 0.25) is 0 Å². The Morgan fingerprint density at radius 2 is 2.17 bits per heavy atom. The Balaban J connectivity index is 2.19. The summed E-state index contributed by atoms with van der Waals surface area (Å²) in [6.45, 7) is 6.89. The molecule has 0 saturated carbocycles. The number of hydrogen-bond donors (Lipinski definition) is 1. The highest BCUT2D eigenvalue weighted by atomic mass is 79.9. The normalized spacial score (nSPS) is 18.5. The van der Waals surface area contributed by atoms with Gasteiger partial charge < -0.3 is 14.8 Å². The highest BCUT2D eigenvalue weighted by Gasteiger charge is 2.25. The van der Waals surface area contributed by atoms with Crippen LogP contribution in [-0.4, -0.2) is 35.8 Å². The van der Waals surface area contributed by atoms with E-state index in [-0.39, 0.29) is 22.4 Å². The Bertz CT molecular complexity index is 597. The molecule has 0 aliphatic carbocycles.